The fraction of sp³-hybridized carbons (Fsp3) is 0.474. The first-order valence-electron chi connectivity index (χ1n) is 9.19. The molecule has 2 aromatic heterocycles. The molecule has 0 saturated heterocycles. The smallest absolute Gasteiger partial charge is 0.358 e. The second-order valence-corrected chi connectivity index (χ2v) is 7.83. The third kappa shape index (κ3) is 3.94. The Hall–Kier alpha value is -2.68. The Labute approximate surface area is 166 Å². The lowest BCUT2D eigenvalue weighted by atomic mass is 10.1. The molecule has 0 aliphatic heterocycles. The lowest BCUT2D eigenvalue weighted by Crippen LogP contribution is -2.19. The highest BCUT2D eigenvalue weighted by atomic mass is 32.1. The Morgan fingerprint density at radius 2 is 2.04 bits per heavy atom. The number of aryl methyl sites for hydroxylation is 2. The molecule has 1 N–H and O–H groups in total. The lowest BCUT2D eigenvalue weighted by molar-refractivity contribution is 0.0378. The number of aromatic nitrogens is 2. The van der Waals surface area contributed by atoms with Crippen molar-refractivity contribution in [3.05, 3.63) is 33.5 Å². The molecule has 9 heteroatoms. The van der Waals surface area contributed by atoms with Crippen LogP contribution in [-0.2, 0) is 29.4 Å². The van der Waals surface area contributed by atoms with Crippen LogP contribution in [0.15, 0.2) is 6.07 Å². The summed E-state index contributed by atoms with van der Waals surface area (Å²) in [6, 6.07) is 1.38. The van der Waals surface area contributed by atoms with Crippen molar-refractivity contribution < 1.29 is 23.9 Å². The zero-order chi connectivity index (χ0) is 20.4. The summed E-state index contributed by atoms with van der Waals surface area (Å²) in [5.74, 6) is -1.47. The molecule has 0 radical (unpaired) electrons. The summed E-state index contributed by atoms with van der Waals surface area (Å²) in [5, 5.41) is 7.30. The van der Waals surface area contributed by atoms with Gasteiger partial charge in [0.1, 0.15) is 10.7 Å². The van der Waals surface area contributed by atoms with Crippen molar-refractivity contribution in [1.82, 2.24) is 9.78 Å². The zero-order valence-corrected chi connectivity index (χ0v) is 17.1. The van der Waals surface area contributed by atoms with Gasteiger partial charge in [0.2, 0.25) is 0 Å². The molecule has 0 saturated carbocycles. The largest absolute Gasteiger partial charge is 0.461 e. The maximum atomic E-state index is 12.8. The van der Waals surface area contributed by atoms with E-state index in [2.05, 4.69) is 10.4 Å². The van der Waals surface area contributed by atoms with Crippen molar-refractivity contribution in [2.75, 3.05) is 11.9 Å². The standard InChI is InChI=1S/C19H23N3O5S/c1-5-26-18(24)12-9-13(22(4)21-12)16(23)20-17-15(19(25)27-10(2)3)11-7-6-8-14(11)28-17/h9-10H,5-8H2,1-4H3,(H,20,23). The number of nitrogens with one attached hydrogen (secondary N) is 1. The molecule has 2 aromatic rings. The minimum atomic E-state index is -0.589. The van der Waals surface area contributed by atoms with Crippen LogP contribution in [0, 0.1) is 0 Å². The quantitative estimate of drug-likeness (QED) is 0.742. The van der Waals surface area contributed by atoms with Crippen molar-refractivity contribution in [1.29, 1.82) is 0 Å². The summed E-state index contributed by atoms with van der Waals surface area (Å²) in [7, 11) is 1.57. The van der Waals surface area contributed by atoms with Crippen LogP contribution in [0.2, 0.25) is 0 Å². The predicted octanol–water partition coefficient (Wildman–Crippen LogP) is 2.96. The van der Waals surface area contributed by atoms with Gasteiger partial charge in [-0.05, 0) is 45.6 Å². The van der Waals surface area contributed by atoms with Gasteiger partial charge in [-0.2, -0.15) is 5.10 Å². The highest BCUT2D eigenvalue weighted by Gasteiger charge is 2.29. The SMILES string of the molecule is CCOC(=O)c1cc(C(=O)Nc2sc3c(c2C(=O)OC(C)C)CCC3)n(C)n1. The van der Waals surface area contributed by atoms with Gasteiger partial charge in [-0.3, -0.25) is 9.48 Å². The van der Waals surface area contributed by atoms with Gasteiger partial charge >= 0.3 is 11.9 Å². The first kappa shape index (κ1) is 20.1. The molecule has 0 atom stereocenters. The van der Waals surface area contributed by atoms with E-state index in [1.165, 1.54) is 22.1 Å². The number of hydrogen-bond donors (Lipinski definition) is 1. The molecule has 0 aromatic carbocycles. The van der Waals surface area contributed by atoms with Crippen LogP contribution in [0.4, 0.5) is 5.00 Å². The van der Waals surface area contributed by atoms with E-state index < -0.39 is 17.8 Å². The van der Waals surface area contributed by atoms with Crippen molar-refractivity contribution in [2.24, 2.45) is 7.05 Å². The number of carbonyl (C=O) groups is 3. The third-order valence-electron chi connectivity index (χ3n) is 4.29. The Bertz CT molecular complexity index is 928. The van der Waals surface area contributed by atoms with Crippen LogP contribution in [0.1, 0.15) is 69.0 Å². The highest BCUT2D eigenvalue weighted by molar-refractivity contribution is 7.17. The number of rotatable bonds is 6. The number of thiophene rings is 1. The summed E-state index contributed by atoms with van der Waals surface area (Å²) in [5.41, 5.74) is 1.65. The highest BCUT2D eigenvalue weighted by Crippen LogP contribution is 2.39. The van der Waals surface area contributed by atoms with Crippen molar-refractivity contribution >= 4 is 34.2 Å². The number of ether oxygens (including phenoxy) is 2. The van der Waals surface area contributed by atoms with Gasteiger partial charge in [-0.1, -0.05) is 0 Å². The molecule has 0 fully saturated rings. The number of anilines is 1. The van der Waals surface area contributed by atoms with Gasteiger partial charge in [0.25, 0.3) is 5.91 Å². The Kier molecular flexibility index (Phi) is 5.83. The molecule has 0 spiro atoms. The van der Waals surface area contributed by atoms with Crippen LogP contribution in [0.5, 0.6) is 0 Å². The summed E-state index contributed by atoms with van der Waals surface area (Å²) >= 11 is 1.40. The second-order valence-electron chi connectivity index (χ2n) is 6.73. The number of hydrogen-bond acceptors (Lipinski definition) is 7. The van der Waals surface area contributed by atoms with Crippen LogP contribution in [0.25, 0.3) is 0 Å². The van der Waals surface area contributed by atoms with E-state index in [1.807, 2.05) is 0 Å². The van der Waals surface area contributed by atoms with Gasteiger partial charge in [0.15, 0.2) is 5.69 Å². The summed E-state index contributed by atoms with van der Waals surface area (Å²) < 4.78 is 11.6. The van der Waals surface area contributed by atoms with Crippen LogP contribution in [0.3, 0.4) is 0 Å². The third-order valence-corrected chi connectivity index (χ3v) is 5.50. The fourth-order valence-corrected chi connectivity index (χ4v) is 4.41. The molecule has 0 unspecified atom stereocenters. The topological polar surface area (TPSA) is 99.5 Å². The molecule has 3 rings (SSSR count). The van der Waals surface area contributed by atoms with E-state index in [0.29, 0.717) is 10.6 Å². The Balaban J connectivity index is 1.87. The maximum Gasteiger partial charge on any atom is 0.358 e. The number of nitrogens with zero attached hydrogens (tertiary/aromatic N) is 2. The number of esters is 2. The number of carbonyl (C=O) groups excluding carboxylic acids is 3. The maximum absolute atomic E-state index is 12.8. The van der Waals surface area contributed by atoms with E-state index in [9.17, 15) is 14.4 Å². The molecular weight excluding hydrogens is 382 g/mol. The molecule has 1 aliphatic carbocycles. The average molecular weight is 405 g/mol. The van der Waals surface area contributed by atoms with Crippen LogP contribution >= 0.6 is 11.3 Å². The van der Waals surface area contributed by atoms with Gasteiger partial charge in [-0.25, -0.2) is 9.59 Å². The van der Waals surface area contributed by atoms with Crippen LogP contribution in [-0.4, -0.2) is 40.3 Å². The molecule has 1 amide bonds. The minimum absolute atomic E-state index is 0.0580. The Morgan fingerprint density at radius 3 is 2.71 bits per heavy atom. The second kappa shape index (κ2) is 8.14. The van der Waals surface area contributed by atoms with Crippen molar-refractivity contribution in [3.8, 4) is 0 Å². The Morgan fingerprint density at radius 1 is 1.29 bits per heavy atom. The normalized spacial score (nSPS) is 12.8. The van der Waals surface area contributed by atoms with Crippen molar-refractivity contribution in [3.63, 3.8) is 0 Å². The number of fused-ring (bicyclic) bond motifs is 1. The molecule has 150 valence electrons. The minimum Gasteiger partial charge on any atom is -0.461 e. The fourth-order valence-electron chi connectivity index (χ4n) is 3.13. The monoisotopic (exact) mass is 405 g/mol. The lowest BCUT2D eigenvalue weighted by Gasteiger charge is -2.11. The molecule has 2 heterocycles. The molecular formula is C19H23N3O5S. The molecule has 28 heavy (non-hydrogen) atoms. The van der Waals surface area contributed by atoms with Crippen LogP contribution < -0.4 is 5.32 Å². The average Bonchev–Trinajstić information content (AvgIpc) is 3.28. The first-order chi connectivity index (χ1) is 13.3. The van der Waals surface area contributed by atoms with Gasteiger partial charge in [0, 0.05) is 18.0 Å². The van der Waals surface area contributed by atoms with E-state index in [-0.39, 0.29) is 24.1 Å². The molecule has 1 aliphatic rings. The van der Waals surface area contributed by atoms with E-state index >= 15 is 0 Å². The number of amides is 1. The van der Waals surface area contributed by atoms with E-state index in [1.54, 1.807) is 27.8 Å². The summed E-state index contributed by atoms with van der Waals surface area (Å²) in [6.07, 6.45) is 2.42. The van der Waals surface area contributed by atoms with E-state index in [4.69, 9.17) is 9.47 Å². The summed E-state index contributed by atoms with van der Waals surface area (Å²) in [4.78, 5) is 38.3. The molecule has 8 nitrogen and oxygen atoms in total. The summed E-state index contributed by atoms with van der Waals surface area (Å²) in [6.45, 7) is 5.49. The first-order valence-corrected chi connectivity index (χ1v) is 10.0. The van der Waals surface area contributed by atoms with Crippen molar-refractivity contribution in [2.45, 2.75) is 46.1 Å². The zero-order valence-electron chi connectivity index (χ0n) is 16.3. The van der Waals surface area contributed by atoms with Gasteiger partial charge in [0.05, 0.1) is 18.3 Å². The molecule has 0 bridgehead atoms. The van der Waals surface area contributed by atoms with Gasteiger partial charge in [-0.15, -0.1) is 11.3 Å². The van der Waals surface area contributed by atoms with E-state index in [0.717, 1.165) is 29.7 Å². The predicted molar refractivity (Wildman–Crippen MR) is 104 cm³/mol. The van der Waals surface area contributed by atoms with Gasteiger partial charge < -0.3 is 14.8 Å².